The van der Waals surface area contributed by atoms with E-state index in [1.54, 1.807) is 6.20 Å². The van der Waals surface area contributed by atoms with Gasteiger partial charge in [-0.05, 0) is 29.4 Å². The second kappa shape index (κ2) is 7.84. The number of rotatable bonds is 5. The van der Waals surface area contributed by atoms with Crippen molar-refractivity contribution in [3.05, 3.63) is 109 Å². The Hall–Kier alpha value is -3.16. The highest BCUT2D eigenvalue weighted by molar-refractivity contribution is 7.95. The standard InChI is InChI=1S/C24H21N2OP/c1-26-24(17-18-25-26)28(21-13-7-3-8-14-21,22-15-9-4-10-16-22)19-23(27)20-11-5-2-6-12-20/h2-19H,1H3. The highest BCUT2D eigenvalue weighted by Crippen LogP contribution is 2.43. The molecule has 0 spiro atoms. The molecule has 0 fully saturated rings. The van der Waals surface area contributed by atoms with Crippen LogP contribution in [-0.2, 0) is 7.05 Å². The van der Waals surface area contributed by atoms with Crippen molar-refractivity contribution in [2.75, 3.05) is 0 Å². The van der Waals surface area contributed by atoms with Crippen LogP contribution in [0.15, 0.2) is 103 Å². The van der Waals surface area contributed by atoms with E-state index in [4.69, 9.17) is 0 Å². The molecule has 138 valence electrons. The van der Waals surface area contributed by atoms with Crippen molar-refractivity contribution in [2.45, 2.75) is 0 Å². The summed E-state index contributed by atoms with van der Waals surface area (Å²) in [6, 6.07) is 32.1. The SMILES string of the molecule is Cn1nccc1P(=CC(=O)c1ccccc1)(c1ccccc1)c1ccccc1. The third kappa shape index (κ3) is 3.26. The van der Waals surface area contributed by atoms with Crippen LogP contribution in [0.1, 0.15) is 10.4 Å². The molecule has 4 aromatic rings. The predicted octanol–water partition coefficient (Wildman–Crippen LogP) is 3.40. The summed E-state index contributed by atoms with van der Waals surface area (Å²) in [6.07, 6.45) is 1.80. The Kier molecular flexibility index (Phi) is 5.10. The molecule has 0 N–H and O–H groups in total. The number of ketones is 1. The number of carbonyl (C=O) groups is 1. The summed E-state index contributed by atoms with van der Waals surface area (Å²) in [5, 5.41) is 6.69. The molecule has 0 aliphatic rings. The van der Waals surface area contributed by atoms with Gasteiger partial charge in [-0.3, -0.25) is 9.48 Å². The summed E-state index contributed by atoms with van der Waals surface area (Å²) in [6.45, 7) is -2.34. The van der Waals surface area contributed by atoms with E-state index in [1.807, 2.05) is 90.3 Å². The first-order chi connectivity index (χ1) is 13.7. The Morgan fingerprint density at radius 2 is 1.29 bits per heavy atom. The Bertz CT molecular complexity index is 1090. The van der Waals surface area contributed by atoms with Gasteiger partial charge >= 0.3 is 0 Å². The van der Waals surface area contributed by atoms with Gasteiger partial charge in [0.2, 0.25) is 0 Å². The minimum absolute atomic E-state index is 0.0304. The van der Waals surface area contributed by atoms with Gasteiger partial charge in [-0.15, -0.1) is 0 Å². The zero-order valence-corrected chi connectivity index (χ0v) is 16.5. The van der Waals surface area contributed by atoms with Crippen molar-refractivity contribution in [3.8, 4) is 0 Å². The highest BCUT2D eigenvalue weighted by atomic mass is 31.2. The number of benzene rings is 3. The molecule has 1 aromatic heterocycles. The molecular weight excluding hydrogens is 363 g/mol. The molecule has 0 radical (unpaired) electrons. The molecule has 0 saturated carbocycles. The molecule has 3 nitrogen and oxygen atoms in total. The summed E-state index contributed by atoms with van der Waals surface area (Å²) in [5.74, 6) is 1.96. The average Bonchev–Trinajstić information content (AvgIpc) is 3.20. The van der Waals surface area contributed by atoms with Gasteiger partial charge in [-0.1, -0.05) is 91.0 Å². The van der Waals surface area contributed by atoms with Crippen LogP contribution in [0.2, 0.25) is 0 Å². The largest absolute Gasteiger partial charge is 0.289 e. The lowest BCUT2D eigenvalue weighted by atomic mass is 10.2. The topological polar surface area (TPSA) is 34.9 Å². The Labute approximate surface area is 165 Å². The predicted molar refractivity (Wildman–Crippen MR) is 119 cm³/mol. The highest BCUT2D eigenvalue weighted by Gasteiger charge is 2.29. The van der Waals surface area contributed by atoms with Crippen molar-refractivity contribution >= 4 is 34.5 Å². The normalized spacial score (nSPS) is 11.2. The average molecular weight is 384 g/mol. The molecule has 1 heterocycles. The van der Waals surface area contributed by atoms with E-state index in [-0.39, 0.29) is 5.78 Å². The monoisotopic (exact) mass is 384 g/mol. The summed E-state index contributed by atoms with van der Waals surface area (Å²) >= 11 is 0. The first kappa shape index (κ1) is 18.2. The van der Waals surface area contributed by atoms with Gasteiger partial charge in [-0.25, -0.2) is 0 Å². The third-order valence-corrected chi connectivity index (χ3v) is 8.86. The first-order valence-electron chi connectivity index (χ1n) is 9.15. The zero-order valence-electron chi connectivity index (χ0n) is 15.6. The Morgan fingerprint density at radius 3 is 1.75 bits per heavy atom. The maximum atomic E-state index is 13.4. The molecule has 0 amide bonds. The van der Waals surface area contributed by atoms with Gasteiger partial charge in [0.15, 0.2) is 5.78 Å². The second-order valence-electron chi connectivity index (χ2n) is 6.57. The summed E-state index contributed by atoms with van der Waals surface area (Å²) in [4.78, 5) is 13.4. The van der Waals surface area contributed by atoms with Crippen LogP contribution in [0.4, 0.5) is 0 Å². The van der Waals surface area contributed by atoms with Crippen molar-refractivity contribution in [1.29, 1.82) is 0 Å². The van der Waals surface area contributed by atoms with Crippen molar-refractivity contribution < 1.29 is 4.79 Å². The lowest BCUT2D eigenvalue weighted by molar-refractivity contribution is 0.107. The van der Waals surface area contributed by atoms with E-state index >= 15 is 0 Å². The lowest BCUT2D eigenvalue weighted by Gasteiger charge is -2.28. The number of aryl methyl sites for hydroxylation is 1. The van der Waals surface area contributed by atoms with Crippen molar-refractivity contribution in [2.24, 2.45) is 7.05 Å². The van der Waals surface area contributed by atoms with Gasteiger partial charge in [0.1, 0.15) is 0 Å². The van der Waals surface area contributed by atoms with Crippen LogP contribution in [0.25, 0.3) is 0 Å². The molecule has 0 aliphatic heterocycles. The fraction of sp³-hybridized carbons (Fsp3) is 0.0417. The fourth-order valence-corrected chi connectivity index (χ4v) is 7.37. The Balaban J connectivity index is 2.09. The maximum Gasteiger partial charge on any atom is 0.186 e. The fourth-order valence-electron chi connectivity index (χ4n) is 3.52. The minimum atomic E-state index is -2.34. The van der Waals surface area contributed by atoms with E-state index in [0.29, 0.717) is 5.56 Å². The first-order valence-corrected chi connectivity index (χ1v) is 11.0. The van der Waals surface area contributed by atoms with Gasteiger partial charge < -0.3 is 0 Å². The van der Waals surface area contributed by atoms with Gasteiger partial charge in [0.05, 0.1) is 5.44 Å². The molecule has 4 rings (SSSR count). The number of hydrogen-bond donors (Lipinski definition) is 0. The van der Waals surface area contributed by atoms with Crippen LogP contribution in [0.3, 0.4) is 0 Å². The van der Waals surface area contributed by atoms with Crippen LogP contribution < -0.4 is 16.0 Å². The summed E-state index contributed by atoms with van der Waals surface area (Å²) in [7, 11) is 1.94. The molecule has 28 heavy (non-hydrogen) atoms. The molecule has 3 aromatic carbocycles. The van der Waals surface area contributed by atoms with E-state index in [0.717, 1.165) is 16.0 Å². The van der Waals surface area contributed by atoms with Crippen LogP contribution in [0, 0.1) is 0 Å². The second-order valence-corrected chi connectivity index (χ2v) is 9.76. The quantitative estimate of drug-likeness (QED) is 0.391. The molecule has 0 unspecified atom stereocenters. The van der Waals surface area contributed by atoms with E-state index < -0.39 is 6.89 Å². The maximum absolute atomic E-state index is 13.4. The van der Waals surface area contributed by atoms with Crippen LogP contribution in [0.5, 0.6) is 0 Å². The van der Waals surface area contributed by atoms with Gasteiger partial charge in [-0.2, -0.15) is 5.10 Å². The molecule has 0 saturated heterocycles. The number of nitrogens with zero attached hydrogens (tertiary/aromatic N) is 2. The van der Waals surface area contributed by atoms with Gasteiger partial charge in [0, 0.05) is 18.8 Å². The van der Waals surface area contributed by atoms with E-state index in [1.165, 1.54) is 0 Å². The number of aromatic nitrogens is 2. The minimum Gasteiger partial charge on any atom is -0.289 e. The number of Topliss-reactive ketones (excluding diaryl/α,β-unsaturated/α-hetero) is 1. The molecular formula is C24H21N2OP. The Morgan fingerprint density at radius 1 is 0.786 bits per heavy atom. The van der Waals surface area contributed by atoms with Gasteiger partial charge in [0.25, 0.3) is 0 Å². The van der Waals surface area contributed by atoms with E-state index in [2.05, 4.69) is 29.4 Å². The van der Waals surface area contributed by atoms with Crippen LogP contribution >= 0.6 is 6.89 Å². The number of hydrogen-bond acceptors (Lipinski definition) is 2. The molecule has 0 atom stereocenters. The van der Waals surface area contributed by atoms with Crippen molar-refractivity contribution in [3.63, 3.8) is 0 Å². The molecule has 0 bridgehead atoms. The third-order valence-electron chi connectivity index (χ3n) is 4.85. The number of carbonyl (C=O) groups excluding carboxylic acids is 1. The summed E-state index contributed by atoms with van der Waals surface area (Å²) < 4.78 is 1.89. The van der Waals surface area contributed by atoms with Crippen LogP contribution in [-0.4, -0.2) is 21.4 Å². The van der Waals surface area contributed by atoms with Crippen molar-refractivity contribution in [1.82, 2.24) is 9.78 Å². The lowest BCUT2D eigenvalue weighted by Crippen LogP contribution is -2.32. The zero-order chi connectivity index (χ0) is 19.4. The molecule has 4 heteroatoms. The molecule has 0 aliphatic carbocycles. The summed E-state index contributed by atoms with van der Waals surface area (Å²) in [5.41, 5.74) is 1.75. The smallest absolute Gasteiger partial charge is 0.186 e. The van der Waals surface area contributed by atoms with E-state index in [9.17, 15) is 4.79 Å².